The number of hydrogen-bond donors (Lipinski definition) is 1. The Balaban J connectivity index is 1.77. The van der Waals surface area contributed by atoms with Crippen molar-refractivity contribution in [3.63, 3.8) is 0 Å². The first kappa shape index (κ1) is 13.3. The van der Waals surface area contributed by atoms with Crippen LogP contribution in [0.2, 0.25) is 5.02 Å². The highest BCUT2D eigenvalue weighted by Crippen LogP contribution is 2.37. The molecule has 1 N–H and O–H groups in total. The van der Waals surface area contributed by atoms with Crippen molar-refractivity contribution in [1.82, 2.24) is 5.32 Å². The number of nitrogens with one attached hydrogen (secondary N) is 1. The third kappa shape index (κ3) is 3.64. The molecular weight excluding hydrogens is 250 g/mol. The minimum Gasteiger partial charge on any atom is -0.311 e. The van der Waals surface area contributed by atoms with Crippen molar-refractivity contribution < 1.29 is 0 Å². The minimum atomic E-state index is 0.626. The Labute approximate surface area is 113 Å². The third-order valence-electron chi connectivity index (χ3n) is 3.42. The highest BCUT2D eigenvalue weighted by Gasteiger charge is 2.30. The van der Waals surface area contributed by atoms with Gasteiger partial charge in [0.05, 0.1) is 0 Å². The Kier molecular flexibility index (Phi) is 4.78. The second-order valence-electron chi connectivity index (χ2n) is 4.94. The first-order chi connectivity index (χ1) is 8.19. The van der Waals surface area contributed by atoms with Crippen LogP contribution in [0.5, 0.6) is 0 Å². The van der Waals surface area contributed by atoms with E-state index in [1.54, 1.807) is 0 Å². The van der Waals surface area contributed by atoms with Gasteiger partial charge in [-0.2, -0.15) is 11.8 Å². The fourth-order valence-corrected chi connectivity index (χ4v) is 3.18. The van der Waals surface area contributed by atoms with Crippen LogP contribution in [0.3, 0.4) is 0 Å². The summed E-state index contributed by atoms with van der Waals surface area (Å²) in [5.41, 5.74) is 1.44. The topological polar surface area (TPSA) is 12.0 Å². The van der Waals surface area contributed by atoms with Crippen LogP contribution in [0.1, 0.15) is 31.2 Å². The Bertz CT molecular complexity index is 346. The average Bonchev–Trinajstić information content (AvgIpc) is 2.25. The SMILES string of the molecule is CSCC(C)NC1CC(c2ccc(Cl)cc2)C1. The van der Waals surface area contributed by atoms with Crippen molar-refractivity contribution in [3.05, 3.63) is 34.9 Å². The summed E-state index contributed by atoms with van der Waals surface area (Å²) in [5, 5.41) is 4.51. The maximum absolute atomic E-state index is 5.90. The van der Waals surface area contributed by atoms with E-state index in [0.717, 1.165) is 10.9 Å². The molecule has 1 nitrogen and oxygen atoms in total. The molecule has 0 radical (unpaired) electrons. The molecule has 0 aliphatic heterocycles. The first-order valence-electron chi connectivity index (χ1n) is 6.19. The van der Waals surface area contributed by atoms with Gasteiger partial charge in [0, 0.05) is 22.9 Å². The zero-order valence-electron chi connectivity index (χ0n) is 10.4. The fraction of sp³-hybridized carbons (Fsp3) is 0.571. The number of halogens is 1. The Morgan fingerprint density at radius 2 is 2.00 bits per heavy atom. The highest BCUT2D eigenvalue weighted by molar-refractivity contribution is 7.98. The summed E-state index contributed by atoms with van der Waals surface area (Å²) < 4.78 is 0. The molecule has 2 rings (SSSR count). The molecule has 1 aliphatic rings. The Morgan fingerprint density at radius 3 is 2.59 bits per heavy atom. The summed E-state index contributed by atoms with van der Waals surface area (Å²) in [5.74, 6) is 1.92. The van der Waals surface area contributed by atoms with E-state index in [1.165, 1.54) is 24.2 Å². The molecule has 0 saturated heterocycles. The summed E-state index contributed by atoms with van der Waals surface area (Å²) in [6.45, 7) is 2.27. The molecule has 0 amide bonds. The van der Waals surface area contributed by atoms with E-state index in [9.17, 15) is 0 Å². The zero-order chi connectivity index (χ0) is 12.3. The molecule has 1 unspecified atom stereocenters. The van der Waals surface area contributed by atoms with Crippen molar-refractivity contribution in [2.45, 2.75) is 37.8 Å². The van der Waals surface area contributed by atoms with Crippen LogP contribution in [0.4, 0.5) is 0 Å². The summed E-state index contributed by atoms with van der Waals surface area (Å²) in [4.78, 5) is 0. The van der Waals surface area contributed by atoms with Gasteiger partial charge >= 0.3 is 0 Å². The summed E-state index contributed by atoms with van der Waals surface area (Å²) in [7, 11) is 0. The molecule has 1 aliphatic carbocycles. The standard InChI is InChI=1S/C14H20ClNS/c1-10(9-17-2)16-14-7-12(8-14)11-3-5-13(15)6-4-11/h3-6,10,12,14,16H,7-9H2,1-2H3. The normalized spacial score (nSPS) is 25.4. The van der Waals surface area contributed by atoms with Gasteiger partial charge in [-0.15, -0.1) is 0 Å². The number of thioether (sulfide) groups is 1. The number of hydrogen-bond acceptors (Lipinski definition) is 2. The van der Waals surface area contributed by atoms with E-state index in [2.05, 4.69) is 30.6 Å². The molecule has 0 aromatic heterocycles. The van der Waals surface area contributed by atoms with Crippen molar-refractivity contribution in [2.75, 3.05) is 12.0 Å². The molecule has 3 heteroatoms. The molecule has 1 fully saturated rings. The predicted octanol–water partition coefficient (Wildman–Crippen LogP) is 3.93. The van der Waals surface area contributed by atoms with Gasteiger partial charge in [0.1, 0.15) is 0 Å². The lowest BCUT2D eigenvalue weighted by atomic mass is 9.75. The molecular formula is C14H20ClNS. The number of rotatable bonds is 5. The largest absolute Gasteiger partial charge is 0.311 e. The average molecular weight is 270 g/mol. The van der Waals surface area contributed by atoms with Gasteiger partial charge in [0.25, 0.3) is 0 Å². The van der Waals surface area contributed by atoms with E-state index < -0.39 is 0 Å². The van der Waals surface area contributed by atoms with E-state index >= 15 is 0 Å². The van der Waals surface area contributed by atoms with Crippen molar-refractivity contribution in [1.29, 1.82) is 0 Å². The molecule has 1 saturated carbocycles. The fourth-order valence-electron chi connectivity index (χ4n) is 2.46. The molecule has 0 spiro atoms. The van der Waals surface area contributed by atoms with E-state index in [-0.39, 0.29) is 0 Å². The van der Waals surface area contributed by atoms with Crippen molar-refractivity contribution in [3.8, 4) is 0 Å². The summed E-state index contributed by atoms with van der Waals surface area (Å²) >= 11 is 7.80. The molecule has 0 heterocycles. The quantitative estimate of drug-likeness (QED) is 0.869. The van der Waals surface area contributed by atoms with Crippen LogP contribution in [0.25, 0.3) is 0 Å². The van der Waals surface area contributed by atoms with Gasteiger partial charge in [0.15, 0.2) is 0 Å². The second-order valence-corrected chi connectivity index (χ2v) is 6.29. The van der Waals surface area contributed by atoms with Gasteiger partial charge in [-0.1, -0.05) is 23.7 Å². The lowest BCUT2D eigenvalue weighted by Gasteiger charge is -2.38. The maximum Gasteiger partial charge on any atom is 0.0406 e. The predicted molar refractivity (Wildman–Crippen MR) is 78.2 cm³/mol. The van der Waals surface area contributed by atoms with Crippen LogP contribution in [0.15, 0.2) is 24.3 Å². The van der Waals surface area contributed by atoms with Crippen LogP contribution >= 0.6 is 23.4 Å². The van der Waals surface area contributed by atoms with Crippen LogP contribution in [-0.4, -0.2) is 24.1 Å². The number of benzene rings is 1. The van der Waals surface area contributed by atoms with Gasteiger partial charge in [-0.05, 0) is 49.6 Å². The van der Waals surface area contributed by atoms with Crippen molar-refractivity contribution in [2.24, 2.45) is 0 Å². The highest BCUT2D eigenvalue weighted by atomic mass is 35.5. The van der Waals surface area contributed by atoms with Crippen LogP contribution in [-0.2, 0) is 0 Å². The molecule has 17 heavy (non-hydrogen) atoms. The van der Waals surface area contributed by atoms with Gasteiger partial charge in [-0.25, -0.2) is 0 Å². The zero-order valence-corrected chi connectivity index (χ0v) is 12.0. The maximum atomic E-state index is 5.90. The van der Waals surface area contributed by atoms with Gasteiger partial charge < -0.3 is 5.32 Å². The Morgan fingerprint density at radius 1 is 1.35 bits per heavy atom. The minimum absolute atomic E-state index is 0.626. The Hall–Kier alpha value is -0.180. The monoisotopic (exact) mass is 269 g/mol. The smallest absolute Gasteiger partial charge is 0.0406 e. The lowest BCUT2D eigenvalue weighted by molar-refractivity contribution is 0.276. The second kappa shape index (κ2) is 6.12. The molecule has 94 valence electrons. The molecule has 1 aromatic rings. The van der Waals surface area contributed by atoms with Crippen molar-refractivity contribution >= 4 is 23.4 Å². The lowest BCUT2D eigenvalue weighted by Crippen LogP contribution is -2.45. The van der Waals surface area contributed by atoms with E-state index in [4.69, 9.17) is 11.6 Å². The first-order valence-corrected chi connectivity index (χ1v) is 7.96. The van der Waals surface area contributed by atoms with Gasteiger partial charge in [-0.3, -0.25) is 0 Å². The van der Waals surface area contributed by atoms with E-state index in [0.29, 0.717) is 12.1 Å². The third-order valence-corrected chi connectivity index (χ3v) is 4.50. The van der Waals surface area contributed by atoms with Gasteiger partial charge in [0.2, 0.25) is 0 Å². The molecule has 1 atom stereocenters. The molecule has 1 aromatic carbocycles. The van der Waals surface area contributed by atoms with Crippen LogP contribution < -0.4 is 5.32 Å². The van der Waals surface area contributed by atoms with E-state index in [1.807, 2.05) is 23.9 Å². The summed E-state index contributed by atoms with van der Waals surface area (Å²) in [6, 6.07) is 9.64. The van der Waals surface area contributed by atoms with Crippen LogP contribution in [0, 0.1) is 0 Å². The summed E-state index contributed by atoms with van der Waals surface area (Å²) in [6.07, 6.45) is 4.69. The molecule has 0 bridgehead atoms.